The Labute approximate surface area is 273 Å². The number of aliphatic hydroxyl groups excluding tert-OH is 1. The zero-order chi connectivity index (χ0) is 33.9. The van der Waals surface area contributed by atoms with E-state index in [0.29, 0.717) is 17.0 Å². The van der Waals surface area contributed by atoms with Crippen LogP contribution in [0.2, 0.25) is 5.15 Å². The Hall–Kier alpha value is -5.22. The number of amides is 2. The molecule has 1 saturated carbocycles. The van der Waals surface area contributed by atoms with Crippen molar-refractivity contribution in [2.75, 3.05) is 11.5 Å². The number of carbonyl (C=O) groups is 2. The number of hydrogen-bond donors (Lipinski definition) is 2. The molecule has 12 nitrogen and oxygen atoms in total. The number of nitrogens with zero attached hydrogens (tertiary/aromatic N) is 7. The molecule has 4 aromatic heterocycles. The Balaban J connectivity index is 1.43. The number of hydrogen-bond acceptors (Lipinski definition) is 9. The summed E-state index contributed by atoms with van der Waals surface area (Å²) in [6.07, 6.45) is 0.472. The van der Waals surface area contributed by atoms with Gasteiger partial charge in [-0.3, -0.25) is 19.5 Å². The maximum atomic E-state index is 15.0. The van der Waals surface area contributed by atoms with Crippen molar-refractivity contribution < 1.29 is 37.0 Å². The highest BCUT2D eigenvalue weighted by Gasteiger charge is 2.51. The fourth-order valence-corrected chi connectivity index (χ4v) is 5.97. The van der Waals surface area contributed by atoms with Crippen molar-refractivity contribution in [2.24, 2.45) is 11.7 Å². The van der Waals surface area contributed by atoms with Crippen LogP contribution in [0.5, 0.6) is 5.75 Å². The highest BCUT2D eigenvalue weighted by Crippen LogP contribution is 2.46. The van der Waals surface area contributed by atoms with Gasteiger partial charge in [0.1, 0.15) is 17.7 Å². The quantitative estimate of drug-likeness (QED) is 0.215. The van der Waals surface area contributed by atoms with E-state index in [1.54, 1.807) is 0 Å². The largest absolute Gasteiger partial charge is 0.482 e. The highest BCUT2D eigenvalue weighted by atomic mass is 35.5. The molecule has 1 aromatic carbocycles. The Bertz CT molecular complexity index is 2090. The van der Waals surface area contributed by atoms with Gasteiger partial charge in [-0.1, -0.05) is 17.7 Å². The van der Waals surface area contributed by atoms with Crippen molar-refractivity contribution in [3.8, 4) is 16.9 Å². The second-order valence-corrected chi connectivity index (χ2v) is 11.7. The van der Waals surface area contributed by atoms with Crippen LogP contribution in [0.1, 0.15) is 46.5 Å². The summed E-state index contributed by atoms with van der Waals surface area (Å²) in [6.45, 7) is -1.07. The van der Waals surface area contributed by atoms with Crippen LogP contribution in [0.25, 0.3) is 22.2 Å². The molecule has 5 heterocycles. The van der Waals surface area contributed by atoms with Crippen LogP contribution in [0.15, 0.2) is 48.9 Å². The predicted molar refractivity (Wildman–Crippen MR) is 161 cm³/mol. The van der Waals surface area contributed by atoms with E-state index in [9.17, 15) is 32.3 Å². The molecule has 2 amide bonds. The van der Waals surface area contributed by atoms with Crippen LogP contribution in [0.3, 0.4) is 0 Å². The Morgan fingerprint density at radius 1 is 1.10 bits per heavy atom. The van der Waals surface area contributed by atoms with Crippen molar-refractivity contribution >= 4 is 40.1 Å². The summed E-state index contributed by atoms with van der Waals surface area (Å²) >= 11 is 6.70. The molecule has 1 aliphatic carbocycles. The van der Waals surface area contributed by atoms with Crippen LogP contribution in [0.4, 0.5) is 23.2 Å². The average molecular weight is 683 g/mol. The average Bonchev–Trinajstić information content (AvgIpc) is 3.81. The third-order valence-corrected chi connectivity index (χ3v) is 8.37. The molecule has 1 atom stereocenters. The lowest BCUT2D eigenvalue weighted by Gasteiger charge is -2.33. The number of benzene rings is 1. The third-order valence-electron chi connectivity index (χ3n) is 8.10. The lowest BCUT2D eigenvalue weighted by molar-refractivity contribution is -0.193. The minimum Gasteiger partial charge on any atom is -0.423 e. The molecule has 1 aliphatic heterocycles. The fraction of sp³-hybridized carbons (Fsp3) is 0.258. The van der Waals surface area contributed by atoms with Crippen LogP contribution in [0, 0.1) is 17.6 Å². The third kappa shape index (κ3) is 5.56. The lowest BCUT2D eigenvalue weighted by Crippen LogP contribution is -2.50. The van der Waals surface area contributed by atoms with Crippen LogP contribution < -0.4 is 15.4 Å². The van der Waals surface area contributed by atoms with Gasteiger partial charge in [0.05, 0.1) is 59.8 Å². The first-order valence-corrected chi connectivity index (χ1v) is 14.9. The first-order valence-electron chi connectivity index (χ1n) is 14.6. The summed E-state index contributed by atoms with van der Waals surface area (Å²) in [6, 6.07) is 5.55. The van der Waals surface area contributed by atoms with Crippen molar-refractivity contribution in [2.45, 2.75) is 38.0 Å². The number of carbonyl (C=O) groups excluding carboxylic acids is 2. The number of ether oxygens (including phenoxy) is 1. The van der Waals surface area contributed by atoms with E-state index in [1.165, 1.54) is 35.0 Å². The molecule has 5 aromatic rings. The van der Waals surface area contributed by atoms with Gasteiger partial charge in [0.15, 0.2) is 22.4 Å². The van der Waals surface area contributed by atoms with Gasteiger partial charge in [-0.2, -0.15) is 13.9 Å². The zero-order valence-corrected chi connectivity index (χ0v) is 25.3. The summed E-state index contributed by atoms with van der Waals surface area (Å²) in [4.78, 5) is 42.9. The van der Waals surface area contributed by atoms with Crippen LogP contribution >= 0.6 is 11.6 Å². The summed E-state index contributed by atoms with van der Waals surface area (Å²) < 4.78 is 63.2. The summed E-state index contributed by atoms with van der Waals surface area (Å²) in [5.74, 6) is -4.24. The molecule has 1 unspecified atom stereocenters. The second-order valence-electron chi connectivity index (χ2n) is 11.4. The van der Waals surface area contributed by atoms with Gasteiger partial charge in [0.25, 0.3) is 5.91 Å². The van der Waals surface area contributed by atoms with E-state index in [0.717, 1.165) is 31.4 Å². The predicted octanol–water partition coefficient (Wildman–Crippen LogP) is 4.37. The topological polar surface area (TPSA) is 162 Å². The number of primary amides is 1. The SMILES string of the molecule is NC(=O)c1c(CC2CC2)nc2c(c(Cl)nn2C(CO)c2ccc(F)cn2)c1-c1ccc2c(c1)OC(F)(F)C(=O)N2Cc1ncc(F)cn1. The summed E-state index contributed by atoms with van der Waals surface area (Å²) in [5, 5.41) is 14.7. The molecule has 1 fully saturated rings. The van der Waals surface area contributed by atoms with Crippen molar-refractivity contribution in [3.05, 3.63) is 88.5 Å². The summed E-state index contributed by atoms with van der Waals surface area (Å²) in [5.41, 5.74) is 6.75. The van der Waals surface area contributed by atoms with Gasteiger partial charge >= 0.3 is 12.0 Å². The van der Waals surface area contributed by atoms with E-state index in [1.807, 2.05) is 0 Å². The van der Waals surface area contributed by atoms with Crippen LogP contribution in [-0.2, 0) is 17.8 Å². The number of halogens is 5. The monoisotopic (exact) mass is 682 g/mol. The highest BCUT2D eigenvalue weighted by molar-refractivity contribution is 6.36. The smallest absolute Gasteiger partial charge is 0.423 e. The fourth-order valence-electron chi connectivity index (χ4n) is 5.71. The number of pyridine rings is 2. The standard InChI is InChI=1S/C31H23ClF4N8O4/c32-27-26-24(15-3-6-20-22(8-15)48-31(35,36)30(47)43(20)12-23-39-10-17(34)11-40-23)25(28(37)46)19(7-14-1-2-14)41-29(26)44(42-27)21(13-45)18-5-4-16(33)9-38-18/h3-6,8-11,14,21,45H,1-2,7,12-13H2,(H2,37,46). The van der Waals surface area contributed by atoms with Gasteiger partial charge in [-0.05, 0) is 55.0 Å². The molecule has 0 spiro atoms. The van der Waals surface area contributed by atoms with Gasteiger partial charge < -0.3 is 15.6 Å². The van der Waals surface area contributed by atoms with E-state index in [-0.39, 0.29) is 56.0 Å². The molecule has 7 rings (SSSR count). The molecule has 17 heteroatoms. The van der Waals surface area contributed by atoms with Gasteiger partial charge in [-0.15, -0.1) is 0 Å². The number of aliphatic hydroxyl groups is 1. The molecule has 0 saturated heterocycles. The molecule has 3 N–H and O–H groups in total. The number of anilines is 1. The van der Waals surface area contributed by atoms with Gasteiger partial charge in [0, 0.05) is 5.56 Å². The zero-order valence-electron chi connectivity index (χ0n) is 24.6. The molecule has 0 bridgehead atoms. The van der Waals surface area contributed by atoms with E-state index in [4.69, 9.17) is 27.1 Å². The Morgan fingerprint density at radius 3 is 2.48 bits per heavy atom. The van der Waals surface area contributed by atoms with Crippen molar-refractivity contribution in [1.29, 1.82) is 0 Å². The lowest BCUT2D eigenvalue weighted by atomic mass is 9.93. The first kappa shape index (κ1) is 31.4. The van der Waals surface area contributed by atoms with E-state index >= 15 is 0 Å². The maximum Gasteiger partial charge on any atom is 0.482 e. The Morgan fingerprint density at radius 2 is 1.83 bits per heavy atom. The molecule has 48 heavy (non-hydrogen) atoms. The molecule has 246 valence electrons. The van der Waals surface area contributed by atoms with E-state index < -0.39 is 54.5 Å². The molecule has 0 radical (unpaired) electrons. The molecular formula is C31H23ClF4N8O4. The van der Waals surface area contributed by atoms with Gasteiger partial charge in [0.2, 0.25) is 0 Å². The number of fused-ring (bicyclic) bond motifs is 2. The minimum atomic E-state index is -4.30. The second kappa shape index (κ2) is 11.8. The molecular weight excluding hydrogens is 660 g/mol. The number of aromatic nitrogens is 6. The normalized spacial score (nSPS) is 16.1. The number of rotatable bonds is 9. The first-order chi connectivity index (χ1) is 22.9. The summed E-state index contributed by atoms with van der Waals surface area (Å²) in [7, 11) is 0. The molecule has 2 aliphatic rings. The van der Waals surface area contributed by atoms with E-state index in [2.05, 4.69) is 20.1 Å². The number of nitrogens with two attached hydrogens (primary N) is 1. The van der Waals surface area contributed by atoms with Crippen molar-refractivity contribution in [3.63, 3.8) is 0 Å². The Kier molecular flexibility index (Phi) is 7.71. The van der Waals surface area contributed by atoms with Crippen molar-refractivity contribution in [1.82, 2.24) is 29.7 Å². The van der Waals surface area contributed by atoms with Crippen LogP contribution in [-0.4, -0.2) is 59.4 Å². The number of alkyl halides is 2. The minimum absolute atomic E-state index is 0.0218. The maximum absolute atomic E-state index is 15.0. The van der Waals surface area contributed by atoms with Gasteiger partial charge in [-0.25, -0.2) is 28.4 Å².